The Morgan fingerprint density at radius 2 is 1.89 bits per heavy atom. The van der Waals surface area contributed by atoms with Crippen LogP contribution in [-0.4, -0.2) is 35.8 Å². The van der Waals surface area contributed by atoms with E-state index in [0.717, 1.165) is 32.0 Å². The first-order chi connectivity index (χ1) is 13.3. The van der Waals surface area contributed by atoms with Gasteiger partial charge in [0.25, 0.3) is 5.91 Å². The molecule has 0 unspecified atom stereocenters. The number of halogens is 3. The highest BCUT2D eigenvalue weighted by Gasteiger charge is 2.55. The minimum Gasteiger partial charge on any atom is -0.406 e. The fraction of sp³-hybridized carbons (Fsp3) is 0.381. The van der Waals surface area contributed by atoms with Crippen LogP contribution in [0.25, 0.3) is 0 Å². The van der Waals surface area contributed by atoms with Crippen LogP contribution in [0.5, 0.6) is 5.75 Å². The molecule has 3 aliphatic rings. The van der Waals surface area contributed by atoms with Gasteiger partial charge in [0.1, 0.15) is 5.75 Å². The zero-order valence-electron chi connectivity index (χ0n) is 15.2. The SMILES string of the molecule is O=C(NCC12CC(CN1Cc1ccccc1)C2)c1cccc(OC(F)(F)F)c1. The van der Waals surface area contributed by atoms with Gasteiger partial charge in [0.15, 0.2) is 0 Å². The zero-order valence-corrected chi connectivity index (χ0v) is 15.2. The Labute approximate surface area is 161 Å². The monoisotopic (exact) mass is 390 g/mol. The van der Waals surface area contributed by atoms with Gasteiger partial charge in [0, 0.05) is 30.7 Å². The molecule has 1 saturated carbocycles. The molecular weight excluding hydrogens is 369 g/mol. The summed E-state index contributed by atoms with van der Waals surface area (Å²) in [5, 5.41) is 2.91. The lowest BCUT2D eigenvalue weighted by Gasteiger charge is -2.42. The van der Waals surface area contributed by atoms with Crippen LogP contribution in [0, 0.1) is 5.92 Å². The maximum absolute atomic E-state index is 12.5. The van der Waals surface area contributed by atoms with E-state index in [4.69, 9.17) is 0 Å². The summed E-state index contributed by atoms with van der Waals surface area (Å²) in [7, 11) is 0. The third-order valence-electron chi connectivity index (χ3n) is 5.61. The van der Waals surface area contributed by atoms with Gasteiger partial charge in [-0.25, -0.2) is 0 Å². The molecule has 4 nitrogen and oxygen atoms in total. The van der Waals surface area contributed by atoms with Crippen LogP contribution in [0.2, 0.25) is 0 Å². The number of amides is 1. The highest BCUT2D eigenvalue weighted by molar-refractivity contribution is 5.94. The number of fused-ring (bicyclic) bond motifs is 1. The second-order valence-corrected chi connectivity index (χ2v) is 7.62. The lowest BCUT2D eigenvalue weighted by atomic mass is 9.73. The summed E-state index contributed by atoms with van der Waals surface area (Å²) in [4.78, 5) is 14.9. The lowest BCUT2D eigenvalue weighted by molar-refractivity contribution is -0.274. The minimum absolute atomic E-state index is 0.0593. The highest BCUT2D eigenvalue weighted by atomic mass is 19.4. The Bertz CT molecular complexity index is 848. The number of hydrogen-bond acceptors (Lipinski definition) is 3. The fourth-order valence-electron chi connectivity index (χ4n) is 4.38. The molecule has 0 aromatic heterocycles. The van der Waals surface area contributed by atoms with E-state index >= 15 is 0 Å². The van der Waals surface area contributed by atoms with Gasteiger partial charge < -0.3 is 10.1 Å². The second-order valence-electron chi connectivity index (χ2n) is 7.62. The molecule has 1 aliphatic carbocycles. The van der Waals surface area contributed by atoms with Crippen molar-refractivity contribution < 1.29 is 22.7 Å². The van der Waals surface area contributed by atoms with Gasteiger partial charge >= 0.3 is 6.36 Å². The van der Waals surface area contributed by atoms with E-state index in [1.165, 1.54) is 23.8 Å². The molecule has 3 fully saturated rings. The molecule has 0 atom stereocenters. The Morgan fingerprint density at radius 3 is 2.61 bits per heavy atom. The first kappa shape index (κ1) is 18.8. The quantitative estimate of drug-likeness (QED) is 0.811. The first-order valence-corrected chi connectivity index (χ1v) is 9.26. The Morgan fingerprint density at radius 1 is 1.14 bits per heavy atom. The normalized spacial score (nSPS) is 23.9. The van der Waals surface area contributed by atoms with Crippen molar-refractivity contribution in [3.05, 3.63) is 65.7 Å². The van der Waals surface area contributed by atoms with E-state index in [-0.39, 0.29) is 11.1 Å². The molecule has 28 heavy (non-hydrogen) atoms. The molecule has 1 N–H and O–H groups in total. The average molecular weight is 390 g/mol. The maximum Gasteiger partial charge on any atom is 0.573 e. The standard InChI is InChI=1S/C21H21F3N2O2/c22-21(23,24)28-18-8-4-7-17(9-18)19(27)25-14-20-10-16(11-20)13-26(20)12-15-5-2-1-3-6-15/h1-9,16H,10-14H2,(H,25,27). The van der Waals surface area contributed by atoms with Crippen molar-refractivity contribution >= 4 is 5.91 Å². The van der Waals surface area contributed by atoms with Crippen LogP contribution in [0.1, 0.15) is 28.8 Å². The van der Waals surface area contributed by atoms with Crippen LogP contribution in [0.3, 0.4) is 0 Å². The molecule has 0 radical (unpaired) electrons. The van der Waals surface area contributed by atoms with Gasteiger partial charge in [-0.2, -0.15) is 0 Å². The fourth-order valence-corrected chi connectivity index (χ4v) is 4.38. The zero-order chi connectivity index (χ0) is 19.8. The summed E-state index contributed by atoms with van der Waals surface area (Å²) in [6, 6.07) is 15.3. The third-order valence-corrected chi connectivity index (χ3v) is 5.61. The van der Waals surface area contributed by atoms with Crippen LogP contribution in [0.4, 0.5) is 13.2 Å². The van der Waals surface area contributed by atoms with E-state index in [1.807, 2.05) is 18.2 Å². The molecular formula is C21H21F3N2O2. The molecule has 2 saturated heterocycles. The number of carbonyl (C=O) groups is 1. The summed E-state index contributed by atoms with van der Waals surface area (Å²) in [6.07, 6.45) is -2.70. The molecule has 0 spiro atoms. The summed E-state index contributed by atoms with van der Waals surface area (Å²) in [5.74, 6) is -0.130. The molecule has 2 aromatic rings. The minimum atomic E-state index is -4.78. The predicted octanol–water partition coefficient (Wildman–Crippen LogP) is 3.98. The van der Waals surface area contributed by atoms with Crippen molar-refractivity contribution in [2.24, 2.45) is 5.92 Å². The summed E-state index contributed by atoms with van der Waals surface area (Å²) >= 11 is 0. The second kappa shape index (κ2) is 7.13. The van der Waals surface area contributed by atoms with E-state index in [9.17, 15) is 18.0 Å². The van der Waals surface area contributed by atoms with Gasteiger partial charge in [0.05, 0.1) is 0 Å². The van der Waals surface area contributed by atoms with E-state index in [0.29, 0.717) is 12.5 Å². The maximum atomic E-state index is 12.5. The Kier molecular flexibility index (Phi) is 4.79. The number of rotatable bonds is 6. The summed E-state index contributed by atoms with van der Waals surface area (Å²) in [5.41, 5.74) is 1.33. The average Bonchev–Trinajstić information content (AvgIpc) is 3.13. The van der Waals surface area contributed by atoms with Crippen LogP contribution in [0.15, 0.2) is 54.6 Å². The lowest BCUT2D eigenvalue weighted by Crippen LogP contribution is -2.53. The number of nitrogens with zero attached hydrogens (tertiary/aromatic N) is 1. The van der Waals surface area contributed by atoms with Gasteiger partial charge in [0.2, 0.25) is 0 Å². The summed E-state index contributed by atoms with van der Waals surface area (Å²) < 4.78 is 41.0. The number of hydrogen-bond donors (Lipinski definition) is 1. The number of benzene rings is 2. The number of alkyl halides is 3. The molecule has 2 bridgehead atoms. The van der Waals surface area contributed by atoms with Gasteiger partial charge in [-0.05, 0) is 42.5 Å². The Balaban J connectivity index is 1.39. The van der Waals surface area contributed by atoms with E-state index in [2.05, 4.69) is 27.1 Å². The summed E-state index contributed by atoms with van der Waals surface area (Å²) in [6.45, 7) is 2.33. The van der Waals surface area contributed by atoms with Gasteiger partial charge in [-0.3, -0.25) is 9.69 Å². The number of carbonyl (C=O) groups excluding carboxylic acids is 1. The van der Waals surface area contributed by atoms with Crippen molar-refractivity contribution in [1.82, 2.24) is 10.2 Å². The molecule has 7 heteroatoms. The van der Waals surface area contributed by atoms with E-state index in [1.54, 1.807) is 0 Å². The van der Waals surface area contributed by atoms with Crippen molar-refractivity contribution in [1.29, 1.82) is 0 Å². The van der Waals surface area contributed by atoms with Crippen molar-refractivity contribution in [2.45, 2.75) is 31.3 Å². The molecule has 2 heterocycles. The smallest absolute Gasteiger partial charge is 0.406 e. The van der Waals surface area contributed by atoms with Crippen molar-refractivity contribution in [3.8, 4) is 5.75 Å². The third kappa shape index (κ3) is 3.99. The van der Waals surface area contributed by atoms with E-state index < -0.39 is 18.0 Å². The number of nitrogens with one attached hydrogen (secondary N) is 1. The first-order valence-electron chi connectivity index (χ1n) is 9.26. The topological polar surface area (TPSA) is 41.6 Å². The number of ether oxygens (including phenoxy) is 1. The van der Waals surface area contributed by atoms with Crippen molar-refractivity contribution in [3.63, 3.8) is 0 Å². The highest BCUT2D eigenvalue weighted by Crippen LogP contribution is 2.50. The van der Waals surface area contributed by atoms with Crippen LogP contribution in [-0.2, 0) is 6.54 Å². The van der Waals surface area contributed by atoms with Crippen molar-refractivity contribution in [2.75, 3.05) is 13.1 Å². The molecule has 2 aromatic carbocycles. The van der Waals surface area contributed by atoms with Crippen LogP contribution < -0.4 is 10.1 Å². The predicted molar refractivity (Wildman–Crippen MR) is 97.8 cm³/mol. The van der Waals surface area contributed by atoms with Crippen LogP contribution >= 0.6 is 0 Å². The molecule has 148 valence electrons. The Hall–Kier alpha value is -2.54. The molecule has 1 amide bonds. The van der Waals surface area contributed by atoms with Gasteiger partial charge in [-0.15, -0.1) is 13.2 Å². The molecule has 5 rings (SSSR count). The largest absolute Gasteiger partial charge is 0.573 e. The van der Waals surface area contributed by atoms with Gasteiger partial charge in [-0.1, -0.05) is 36.4 Å². The molecule has 2 aliphatic heterocycles.